The monoisotopic (exact) mass is 279 g/mol. The first kappa shape index (κ1) is 12.0. The molecule has 0 saturated carbocycles. The molecule has 1 aromatic rings. The maximum Gasteiger partial charge on any atom is 0.155 e. The molecule has 0 aliphatic carbocycles. The Balaban J connectivity index is 2.69. The fourth-order valence-corrected chi connectivity index (χ4v) is 2.09. The maximum atomic E-state index is 13.1. The molecule has 0 spiro atoms. The highest BCUT2D eigenvalue weighted by Gasteiger charge is 2.06. The highest BCUT2D eigenvalue weighted by atomic mass is 79.9. The van der Waals surface area contributed by atoms with Gasteiger partial charge in [-0.3, -0.25) is 0 Å². The number of hydrogen-bond acceptors (Lipinski definition) is 1. The van der Waals surface area contributed by atoms with Crippen molar-refractivity contribution < 1.29 is 4.39 Å². The summed E-state index contributed by atoms with van der Waals surface area (Å²) in [7, 11) is 0. The van der Waals surface area contributed by atoms with Crippen molar-refractivity contribution in [3.63, 3.8) is 0 Å². The van der Waals surface area contributed by atoms with E-state index in [1.165, 1.54) is 0 Å². The lowest BCUT2D eigenvalue weighted by atomic mass is 10.1. The van der Waals surface area contributed by atoms with Gasteiger partial charge in [0.25, 0.3) is 0 Å². The smallest absolute Gasteiger partial charge is 0.155 e. The predicted octanol–water partition coefficient (Wildman–Crippen LogP) is 3.52. The molecular weight excluding hydrogens is 268 g/mol. The molecule has 0 bridgehead atoms. The van der Waals surface area contributed by atoms with Gasteiger partial charge < -0.3 is 5.73 Å². The standard InChI is InChI=1S/C10H12BrClFN/c11-8-5-7(3-1-2-4-14)6-9(12)10(8)13/h5-6H,1-4,14H2. The van der Waals surface area contributed by atoms with Crippen LogP contribution in [0.4, 0.5) is 4.39 Å². The molecule has 0 heterocycles. The first-order valence-electron chi connectivity index (χ1n) is 4.48. The van der Waals surface area contributed by atoms with Gasteiger partial charge in [0, 0.05) is 0 Å². The van der Waals surface area contributed by atoms with Crippen molar-refractivity contribution in [3.8, 4) is 0 Å². The molecule has 4 heteroatoms. The molecule has 1 aromatic carbocycles. The van der Waals surface area contributed by atoms with Crippen LogP contribution in [0.5, 0.6) is 0 Å². The van der Waals surface area contributed by atoms with Crippen molar-refractivity contribution in [2.75, 3.05) is 6.54 Å². The summed E-state index contributed by atoms with van der Waals surface area (Å²) in [5.41, 5.74) is 6.42. The quantitative estimate of drug-likeness (QED) is 0.663. The average Bonchev–Trinajstić information content (AvgIpc) is 2.14. The summed E-state index contributed by atoms with van der Waals surface area (Å²) in [6.07, 6.45) is 2.87. The van der Waals surface area contributed by atoms with Crippen LogP contribution in [-0.4, -0.2) is 6.54 Å². The van der Waals surface area contributed by atoms with Crippen LogP contribution in [0.2, 0.25) is 5.02 Å². The zero-order valence-corrected chi connectivity index (χ0v) is 10.0. The highest BCUT2D eigenvalue weighted by molar-refractivity contribution is 9.10. The lowest BCUT2D eigenvalue weighted by Gasteiger charge is -2.04. The van der Waals surface area contributed by atoms with Gasteiger partial charge in [-0.15, -0.1) is 0 Å². The van der Waals surface area contributed by atoms with Crippen molar-refractivity contribution in [1.29, 1.82) is 0 Å². The van der Waals surface area contributed by atoms with Crippen molar-refractivity contribution in [3.05, 3.63) is 33.0 Å². The van der Waals surface area contributed by atoms with E-state index >= 15 is 0 Å². The third-order valence-electron chi connectivity index (χ3n) is 1.96. The topological polar surface area (TPSA) is 26.0 Å². The fourth-order valence-electron chi connectivity index (χ4n) is 1.23. The van der Waals surface area contributed by atoms with E-state index in [-0.39, 0.29) is 5.02 Å². The van der Waals surface area contributed by atoms with Gasteiger partial charge in [-0.2, -0.15) is 0 Å². The van der Waals surface area contributed by atoms with E-state index in [4.69, 9.17) is 17.3 Å². The first-order valence-corrected chi connectivity index (χ1v) is 5.65. The van der Waals surface area contributed by atoms with E-state index in [0.29, 0.717) is 11.0 Å². The van der Waals surface area contributed by atoms with Crippen LogP contribution in [0.1, 0.15) is 18.4 Å². The molecule has 14 heavy (non-hydrogen) atoms. The minimum atomic E-state index is -0.394. The van der Waals surface area contributed by atoms with Gasteiger partial charge in [0.05, 0.1) is 9.50 Å². The largest absolute Gasteiger partial charge is 0.330 e. The Hall–Kier alpha value is -0.120. The van der Waals surface area contributed by atoms with Gasteiger partial charge in [-0.1, -0.05) is 11.6 Å². The molecule has 1 rings (SSSR count). The van der Waals surface area contributed by atoms with Gasteiger partial charge in [-0.05, 0) is 59.4 Å². The Bertz CT molecular complexity index is 294. The van der Waals surface area contributed by atoms with Crippen molar-refractivity contribution in [2.24, 2.45) is 5.73 Å². The summed E-state index contributed by atoms with van der Waals surface area (Å²) in [4.78, 5) is 0. The van der Waals surface area contributed by atoms with E-state index in [9.17, 15) is 4.39 Å². The predicted molar refractivity (Wildman–Crippen MR) is 61.1 cm³/mol. The summed E-state index contributed by atoms with van der Waals surface area (Å²) < 4.78 is 13.5. The summed E-state index contributed by atoms with van der Waals surface area (Å²) in [6, 6.07) is 3.43. The van der Waals surface area contributed by atoms with E-state index in [1.807, 2.05) is 0 Å². The fraction of sp³-hybridized carbons (Fsp3) is 0.400. The normalized spacial score (nSPS) is 10.6. The number of benzene rings is 1. The number of hydrogen-bond donors (Lipinski definition) is 1. The SMILES string of the molecule is NCCCCc1cc(Cl)c(F)c(Br)c1. The minimum Gasteiger partial charge on any atom is -0.330 e. The number of nitrogens with two attached hydrogens (primary N) is 1. The van der Waals surface area contributed by atoms with Crippen molar-refractivity contribution >= 4 is 27.5 Å². The lowest BCUT2D eigenvalue weighted by molar-refractivity contribution is 0.620. The van der Waals surface area contributed by atoms with Gasteiger partial charge in [0.2, 0.25) is 0 Å². The Labute approximate surface area is 96.6 Å². The third kappa shape index (κ3) is 3.23. The lowest BCUT2D eigenvalue weighted by Crippen LogP contribution is -1.99. The van der Waals surface area contributed by atoms with Gasteiger partial charge in [0.1, 0.15) is 0 Å². The second-order valence-corrected chi connectivity index (χ2v) is 4.38. The molecule has 0 amide bonds. The molecule has 1 nitrogen and oxygen atoms in total. The molecule has 0 atom stereocenters. The van der Waals surface area contributed by atoms with Crippen LogP contribution in [0.15, 0.2) is 16.6 Å². The number of unbranched alkanes of at least 4 members (excludes halogenated alkanes) is 1. The Morgan fingerprint density at radius 1 is 1.36 bits per heavy atom. The summed E-state index contributed by atoms with van der Waals surface area (Å²) in [6.45, 7) is 0.691. The number of aryl methyl sites for hydroxylation is 1. The van der Waals surface area contributed by atoms with E-state index in [0.717, 1.165) is 24.8 Å². The average molecular weight is 281 g/mol. The molecule has 0 radical (unpaired) electrons. The van der Waals surface area contributed by atoms with Crippen LogP contribution >= 0.6 is 27.5 Å². The van der Waals surface area contributed by atoms with Crippen LogP contribution in [0, 0.1) is 5.82 Å². The molecule has 0 aliphatic heterocycles. The first-order chi connectivity index (χ1) is 6.65. The Morgan fingerprint density at radius 3 is 2.64 bits per heavy atom. The number of halogens is 3. The summed E-state index contributed by atoms with van der Waals surface area (Å²) in [5.74, 6) is -0.394. The molecule has 0 aromatic heterocycles. The zero-order valence-electron chi connectivity index (χ0n) is 7.69. The molecule has 0 unspecified atom stereocenters. The number of rotatable bonds is 4. The Kier molecular flexibility index (Phi) is 4.85. The Morgan fingerprint density at radius 2 is 2.07 bits per heavy atom. The molecule has 2 N–H and O–H groups in total. The third-order valence-corrected chi connectivity index (χ3v) is 2.82. The summed E-state index contributed by atoms with van der Waals surface area (Å²) >= 11 is 8.82. The summed E-state index contributed by atoms with van der Waals surface area (Å²) in [5, 5.41) is 0.169. The molecular formula is C10H12BrClFN. The van der Waals surface area contributed by atoms with Crippen molar-refractivity contribution in [1.82, 2.24) is 0 Å². The van der Waals surface area contributed by atoms with E-state index < -0.39 is 5.82 Å². The molecule has 78 valence electrons. The van der Waals surface area contributed by atoms with Crippen LogP contribution < -0.4 is 5.73 Å². The zero-order chi connectivity index (χ0) is 10.6. The second kappa shape index (κ2) is 5.69. The van der Waals surface area contributed by atoms with Crippen LogP contribution in [0.25, 0.3) is 0 Å². The second-order valence-electron chi connectivity index (χ2n) is 3.12. The van der Waals surface area contributed by atoms with Crippen LogP contribution in [-0.2, 0) is 6.42 Å². The molecule has 0 aliphatic rings. The highest BCUT2D eigenvalue weighted by Crippen LogP contribution is 2.25. The molecule has 0 saturated heterocycles. The van der Waals surface area contributed by atoms with Gasteiger partial charge >= 0.3 is 0 Å². The minimum absolute atomic E-state index is 0.169. The molecule has 0 fully saturated rings. The van der Waals surface area contributed by atoms with Crippen LogP contribution in [0.3, 0.4) is 0 Å². The van der Waals surface area contributed by atoms with Gasteiger partial charge in [-0.25, -0.2) is 4.39 Å². The van der Waals surface area contributed by atoms with Gasteiger partial charge in [0.15, 0.2) is 5.82 Å². The van der Waals surface area contributed by atoms with Crippen molar-refractivity contribution in [2.45, 2.75) is 19.3 Å². The van der Waals surface area contributed by atoms with E-state index in [1.54, 1.807) is 12.1 Å². The van der Waals surface area contributed by atoms with E-state index in [2.05, 4.69) is 15.9 Å². The maximum absolute atomic E-state index is 13.1.